The first-order valence-corrected chi connectivity index (χ1v) is 8.65. The van der Waals surface area contributed by atoms with Gasteiger partial charge in [0.25, 0.3) is 0 Å². The summed E-state index contributed by atoms with van der Waals surface area (Å²) in [5.74, 6) is -0.0673. The lowest BCUT2D eigenvalue weighted by atomic mass is 9.80. The van der Waals surface area contributed by atoms with Gasteiger partial charge in [0.1, 0.15) is 11.3 Å². The van der Waals surface area contributed by atoms with Crippen LogP contribution in [0, 0.1) is 5.92 Å². The molecule has 1 N–H and O–H groups in total. The van der Waals surface area contributed by atoms with Gasteiger partial charge in [-0.3, -0.25) is 4.90 Å². The van der Waals surface area contributed by atoms with Crippen LogP contribution < -0.4 is 0 Å². The molecule has 0 aromatic heterocycles. The minimum absolute atomic E-state index is 0.0630. The molecule has 2 aliphatic rings. The lowest BCUT2D eigenvalue weighted by Gasteiger charge is -2.50. The van der Waals surface area contributed by atoms with Crippen LogP contribution in [0.15, 0.2) is 0 Å². The Balaban J connectivity index is 2.24. The molecule has 2 rings (SSSR count). The molecule has 7 nitrogen and oxygen atoms in total. The molecule has 0 saturated carbocycles. The van der Waals surface area contributed by atoms with Gasteiger partial charge in [0.2, 0.25) is 0 Å². The normalized spacial score (nSPS) is 31.2. The third-order valence-corrected chi connectivity index (χ3v) is 5.16. The number of amides is 2. The van der Waals surface area contributed by atoms with E-state index in [4.69, 9.17) is 9.47 Å². The number of ether oxygens (including phenoxy) is 2. The summed E-state index contributed by atoms with van der Waals surface area (Å²) in [6.45, 7) is 8.46. The van der Waals surface area contributed by atoms with E-state index in [0.29, 0.717) is 13.1 Å². The molecule has 0 radical (unpaired) electrons. The Labute approximate surface area is 143 Å². The van der Waals surface area contributed by atoms with E-state index in [1.54, 1.807) is 12.0 Å². The summed E-state index contributed by atoms with van der Waals surface area (Å²) >= 11 is 0. The van der Waals surface area contributed by atoms with Gasteiger partial charge in [-0.25, -0.2) is 9.59 Å². The van der Waals surface area contributed by atoms with Gasteiger partial charge >= 0.3 is 12.2 Å². The lowest BCUT2D eigenvalue weighted by molar-refractivity contribution is -0.176. The molecule has 0 aliphatic carbocycles. The predicted octanol–water partition coefficient (Wildman–Crippen LogP) is 3.14. The maximum atomic E-state index is 12.6. The summed E-state index contributed by atoms with van der Waals surface area (Å²) in [5, 5.41) is 9.53. The number of rotatable bonds is 2. The van der Waals surface area contributed by atoms with Crippen molar-refractivity contribution in [3.8, 4) is 0 Å². The van der Waals surface area contributed by atoms with Crippen LogP contribution in [0.5, 0.6) is 0 Å². The van der Waals surface area contributed by atoms with Gasteiger partial charge in [0.15, 0.2) is 0 Å². The fourth-order valence-electron chi connectivity index (χ4n) is 4.01. The second kappa shape index (κ2) is 6.78. The van der Waals surface area contributed by atoms with Crippen LogP contribution >= 0.6 is 0 Å². The molecule has 2 amide bonds. The number of nitrogens with zero attached hydrogens (tertiary/aromatic N) is 2. The van der Waals surface area contributed by atoms with Gasteiger partial charge in [-0.2, -0.15) is 0 Å². The monoisotopic (exact) mass is 342 g/mol. The summed E-state index contributed by atoms with van der Waals surface area (Å²) in [6.07, 6.45) is 2.04. The van der Waals surface area contributed by atoms with E-state index in [0.717, 1.165) is 25.7 Å². The van der Waals surface area contributed by atoms with E-state index in [9.17, 15) is 14.7 Å². The first kappa shape index (κ1) is 18.8. The van der Waals surface area contributed by atoms with Crippen LogP contribution in [0.25, 0.3) is 0 Å². The number of hydrogen-bond acceptors (Lipinski definition) is 4. The molecule has 24 heavy (non-hydrogen) atoms. The average Bonchev–Trinajstić information content (AvgIpc) is 2.94. The number of carbonyl (C=O) groups is 2. The van der Waals surface area contributed by atoms with E-state index >= 15 is 0 Å². The van der Waals surface area contributed by atoms with E-state index in [-0.39, 0.29) is 18.1 Å². The summed E-state index contributed by atoms with van der Waals surface area (Å²) < 4.78 is 11.2. The van der Waals surface area contributed by atoms with Crippen molar-refractivity contribution in [3.05, 3.63) is 0 Å². The minimum atomic E-state index is -0.981. The standard InChI is InChI=1S/C17H30N2O5/c1-16(2,3)24-15(22)18-10-7-9-13(18)12-8-6-11-19(14(20)21)17(12,4)23-5/h12-13H,6-11H2,1-5H3,(H,20,21). The highest BCUT2D eigenvalue weighted by Crippen LogP contribution is 2.41. The zero-order valence-corrected chi connectivity index (χ0v) is 15.4. The molecule has 3 unspecified atom stereocenters. The van der Waals surface area contributed by atoms with Crippen molar-refractivity contribution in [1.82, 2.24) is 9.80 Å². The Bertz CT molecular complexity index is 490. The molecule has 7 heteroatoms. The van der Waals surface area contributed by atoms with Crippen molar-refractivity contribution in [2.45, 2.75) is 70.7 Å². The van der Waals surface area contributed by atoms with E-state index in [1.807, 2.05) is 27.7 Å². The summed E-state index contributed by atoms with van der Waals surface area (Å²) in [4.78, 5) is 27.3. The van der Waals surface area contributed by atoms with Crippen LogP contribution in [0.4, 0.5) is 9.59 Å². The van der Waals surface area contributed by atoms with Crippen LogP contribution in [-0.4, -0.2) is 64.7 Å². The number of carbonyl (C=O) groups excluding carboxylic acids is 1. The predicted molar refractivity (Wildman–Crippen MR) is 88.8 cm³/mol. The number of likely N-dealkylation sites (tertiary alicyclic amines) is 2. The maximum absolute atomic E-state index is 12.6. The Hall–Kier alpha value is -1.50. The minimum Gasteiger partial charge on any atom is -0.465 e. The molecule has 0 spiro atoms. The highest BCUT2D eigenvalue weighted by molar-refractivity contribution is 5.69. The molecule has 3 atom stereocenters. The summed E-state index contributed by atoms with van der Waals surface area (Å²) in [5.41, 5.74) is -1.48. The summed E-state index contributed by atoms with van der Waals surface area (Å²) in [7, 11) is 1.54. The first-order chi connectivity index (χ1) is 11.1. The van der Waals surface area contributed by atoms with E-state index < -0.39 is 17.4 Å². The fourth-order valence-corrected chi connectivity index (χ4v) is 4.01. The molecule has 2 fully saturated rings. The van der Waals surface area contributed by atoms with E-state index in [1.165, 1.54) is 4.90 Å². The summed E-state index contributed by atoms with van der Waals surface area (Å²) in [6, 6.07) is -0.0630. The highest BCUT2D eigenvalue weighted by Gasteiger charge is 2.51. The molecule has 0 aromatic carbocycles. The van der Waals surface area contributed by atoms with Crippen LogP contribution in [0.2, 0.25) is 0 Å². The SMILES string of the molecule is COC1(C)C(C2CCCN2C(=O)OC(C)(C)C)CCCN1C(=O)O. The van der Waals surface area contributed by atoms with Crippen molar-refractivity contribution in [2.75, 3.05) is 20.2 Å². The smallest absolute Gasteiger partial charge is 0.410 e. The van der Waals surface area contributed by atoms with Gasteiger partial charge in [-0.15, -0.1) is 0 Å². The molecular formula is C17H30N2O5. The van der Waals surface area contributed by atoms with E-state index in [2.05, 4.69) is 0 Å². The van der Waals surface area contributed by atoms with Gasteiger partial charge in [-0.05, 0) is 53.4 Å². The molecule has 138 valence electrons. The van der Waals surface area contributed by atoms with Gasteiger partial charge in [0.05, 0.1) is 0 Å². The van der Waals surface area contributed by atoms with Crippen molar-refractivity contribution in [2.24, 2.45) is 5.92 Å². The highest BCUT2D eigenvalue weighted by atomic mass is 16.6. The Morgan fingerprint density at radius 3 is 2.33 bits per heavy atom. The number of hydrogen-bond donors (Lipinski definition) is 1. The zero-order chi connectivity index (χ0) is 18.1. The maximum Gasteiger partial charge on any atom is 0.410 e. The molecule has 0 aromatic rings. The Morgan fingerprint density at radius 1 is 1.17 bits per heavy atom. The Morgan fingerprint density at radius 2 is 1.79 bits per heavy atom. The average molecular weight is 342 g/mol. The number of carboxylic acid groups (broad SMARTS) is 1. The third kappa shape index (κ3) is 3.61. The number of piperidine rings is 1. The van der Waals surface area contributed by atoms with Gasteiger partial charge in [0, 0.05) is 32.2 Å². The largest absolute Gasteiger partial charge is 0.465 e. The Kier molecular flexibility index (Phi) is 5.32. The van der Waals surface area contributed by atoms with Gasteiger partial charge < -0.3 is 19.5 Å². The molecule has 0 bridgehead atoms. The quantitative estimate of drug-likeness (QED) is 0.834. The fraction of sp³-hybridized carbons (Fsp3) is 0.882. The molecule has 2 heterocycles. The topological polar surface area (TPSA) is 79.3 Å². The third-order valence-electron chi connectivity index (χ3n) is 5.16. The first-order valence-electron chi connectivity index (χ1n) is 8.65. The second-order valence-electron chi connectivity index (χ2n) is 7.83. The second-order valence-corrected chi connectivity index (χ2v) is 7.83. The number of methoxy groups -OCH3 is 1. The van der Waals surface area contributed by atoms with Gasteiger partial charge in [-0.1, -0.05) is 0 Å². The molecule has 2 aliphatic heterocycles. The van der Waals surface area contributed by atoms with Crippen molar-refractivity contribution in [3.63, 3.8) is 0 Å². The van der Waals surface area contributed by atoms with Crippen molar-refractivity contribution in [1.29, 1.82) is 0 Å². The van der Waals surface area contributed by atoms with Crippen molar-refractivity contribution < 1.29 is 24.2 Å². The van der Waals surface area contributed by atoms with Crippen LogP contribution in [0.1, 0.15) is 53.4 Å². The molecular weight excluding hydrogens is 312 g/mol. The molecule has 2 saturated heterocycles. The van der Waals surface area contributed by atoms with Crippen LogP contribution in [-0.2, 0) is 9.47 Å². The zero-order valence-electron chi connectivity index (χ0n) is 15.4. The lowest BCUT2D eigenvalue weighted by Crippen LogP contribution is -2.63. The van der Waals surface area contributed by atoms with Crippen LogP contribution in [0.3, 0.4) is 0 Å². The van der Waals surface area contributed by atoms with Crippen molar-refractivity contribution >= 4 is 12.2 Å².